The van der Waals surface area contributed by atoms with E-state index in [1.54, 1.807) is 17.0 Å². The molecule has 0 radical (unpaired) electrons. The van der Waals surface area contributed by atoms with Gasteiger partial charge in [0.15, 0.2) is 11.5 Å². The van der Waals surface area contributed by atoms with Gasteiger partial charge in [-0.3, -0.25) is 9.59 Å². The zero-order chi connectivity index (χ0) is 20.1. The molecule has 4 rings (SSSR count). The Balaban J connectivity index is 1.28. The average molecular weight is 392 g/mol. The minimum Gasteiger partial charge on any atom is -0.486 e. The van der Waals surface area contributed by atoms with Crippen molar-refractivity contribution in [2.45, 2.75) is 12.8 Å². The van der Waals surface area contributed by atoms with E-state index >= 15 is 0 Å². The van der Waals surface area contributed by atoms with Gasteiger partial charge in [0.2, 0.25) is 11.8 Å². The highest BCUT2D eigenvalue weighted by Crippen LogP contribution is 2.33. The van der Waals surface area contributed by atoms with Crippen LogP contribution in [0.25, 0.3) is 6.08 Å². The minimum atomic E-state index is -0.106. The van der Waals surface area contributed by atoms with E-state index < -0.39 is 0 Å². The Hall–Kier alpha value is -3.28. The maximum absolute atomic E-state index is 12.6. The number of nitrogens with one attached hydrogen (secondary N) is 1. The number of ether oxygens (including phenoxy) is 2. The van der Waals surface area contributed by atoms with E-state index in [4.69, 9.17) is 9.47 Å². The van der Waals surface area contributed by atoms with E-state index in [1.165, 1.54) is 0 Å². The highest BCUT2D eigenvalue weighted by Gasteiger charge is 2.27. The molecule has 150 valence electrons. The Morgan fingerprint density at radius 1 is 0.966 bits per heavy atom. The Bertz CT molecular complexity index is 902. The second-order valence-electron chi connectivity index (χ2n) is 7.19. The first-order chi connectivity index (χ1) is 14.2. The van der Waals surface area contributed by atoms with E-state index in [1.807, 2.05) is 48.5 Å². The molecular weight excluding hydrogens is 368 g/mol. The summed E-state index contributed by atoms with van der Waals surface area (Å²) in [4.78, 5) is 26.8. The zero-order valence-electron chi connectivity index (χ0n) is 16.2. The quantitative estimate of drug-likeness (QED) is 0.811. The summed E-state index contributed by atoms with van der Waals surface area (Å²) in [5, 5.41) is 2.96. The molecule has 0 spiro atoms. The molecule has 2 aromatic carbocycles. The largest absolute Gasteiger partial charge is 0.486 e. The van der Waals surface area contributed by atoms with E-state index in [-0.39, 0.29) is 17.7 Å². The van der Waals surface area contributed by atoms with Crippen LogP contribution in [0.2, 0.25) is 0 Å². The van der Waals surface area contributed by atoms with E-state index in [0.717, 1.165) is 5.56 Å². The van der Waals surface area contributed by atoms with Gasteiger partial charge in [-0.2, -0.15) is 0 Å². The van der Waals surface area contributed by atoms with Gasteiger partial charge in [-0.1, -0.05) is 30.3 Å². The van der Waals surface area contributed by atoms with Crippen molar-refractivity contribution in [2.75, 3.05) is 31.6 Å². The zero-order valence-corrected chi connectivity index (χ0v) is 16.2. The highest BCUT2D eigenvalue weighted by atomic mass is 16.6. The van der Waals surface area contributed by atoms with Crippen molar-refractivity contribution in [3.05, 3.63) is 60.2 Å². The van der Waals surface area contributed by atoms with Crippen molar-refractivity contribution < 1.29 is 19.1 Å². The summed E-state index contributed by atoms with van der Waals surface area (Å²) >= 11 is 0. The smallest absolute Gasteiger partial charge is 0.246 e. The molecule has 6 heteroatoms. The monoisotopic (exact) mass is 392 g/mol. The normalized spacial score (nSPS) is 16.6. The standard InChI is InChI=1S/C23H24N2O4/c26-22(9-6-17-4-2-1-3-5-17)25-12-10-18(11-13-25)23(27)24-19-7-8-20-21(16-19)29-15-14-28-20/h1-9,16,18H,10-15H2,(H,24,27). The Morgan fingerprint density at radius 2 is 1.69 bits per heavy atom. The predicted molar refractivity (Wildman–Crippen MR) is 111 cm³/mol. The molecule has 29 heavy (non-hydrogen) atoms. The van der Waals surface area contributed by atoms with Gasteiger partial charge in [0.05, 0.1) is 0 Å². The van der Waals surface area contributed by atoms with Crippen molar-refractivity contribution in [3.63, 3.8) is 0 Å². The molecule has 0 atom stereocenters. The molecule has 2 aliphatic heterocycles. The third kappa shape index (κ3) is 4.77. The molecule has 0 aromatic heterocycles. The van der Waals surface area contributed by atoms with Crippen LogP contribution in [-0.4, -0.2) is 43.0 Å². The molecular formula is C23H24N2O4. The summed E-state index contributed by atoms with van der Waals surface area (Å²) in [6.07, 6.45) is 4.73. The number of nitrogens with zero attached hydrogens (tertiary/aromatic N) is 1. The van der Waals surface area contributed by atoms with Crippen molar-refractivity contribution in [2.24, 2.45) is 5.92 Å². The van der Waals surface area contributed by atoms with Crippen LogP contribution >= 0.6 is 0 Å². The first-order valence-electron chi connectivity index (χ1n) is 9.91. The molecule has 2 amide bonds. The fraction of sp³-hybridized carbons (Fsp3) is 0.304. The lowest BCUT2D eigenvalue weighted by molar-refractivity contribution is -0.130. The number of piperidine rings is 1. The summed E-state index contributed by atoms with van der Waals surface area (Å²) in [6.45, 7) is 2.21. The van der Waals surface area contributed by atoms with Crippen LogP contribution in [0.1, 0.15) is 18.4 Å². The van der Waals surface area contributed by atoms with Gasteiger partial charge in [0.25, 0.3) is 0 Å². The lowest BCUT2D eigenvalue weighted by Crippen LogP contribution is -2.40. The number of anilines is 1. The molecule has 6 nitrogen and oxygen atoms in total. The third-order valence-electron chi connectivity index (χ3n) is 5.21. The van der Waals surface area contributed by atoms with E-state index in [0.29, 0.717) is 56.3 Å². The first-order valence-corrected chi connectivity index (χ1v) is 9.91. The van der Waals surface area contributed by atoms with Crippen molar-refractivity contribution in [3.8, 4) is 11.5 Å². The van der Waals surface area contributed by atoms with Gasteiger partial charge in [-0.05, 0) is 36.6 Å². The third-order valence-corrected chi connectivity index (χ3v) is 5.21. The fourth-order valence-electron chi connectivity index (χ4n) is 3.56. The number of hydrogen-bond acceptors (Lipinski definition) is 4. The van der Waals surface area contributed by atoms with Crippen LogP contribution in [0.15, 0.2) is 54.6 Å². The molecule has 0 aliphatic carbocycles. The number of hydrogen-bond donors (Lipinski definition) is 1. The summed E-state index contributed by atoms with van der Waals surface area (Å²) in [5.41, 5.74) is 1.69. The molecule has 1 N–H and O–H groups in total. The van der Waals surface area contributed by atoms with Gasteiger partial charge >= 0.3 is 0 Å². The molecule has 0 saturated carbocycles. The molecule has 2 heterocycles. The fourth-order valence-corrected chi connectivity index (χ4v) is 3.56. The van der Waals surface area contributed by atoms with E-state index in [2.05, 4.69) is 5.32 Å². The number of rotatable bonds is 4. The number of benzene rings is 2. The number of carbonyl (C=O) groups excluding carboxylic acids is 2. The van der Waals surface area contributed by atoms with Crippen LogP contribution in [0.3, 0.4) is 0 Å². The number of fused-ring (bicyclic) bond motifs is 1. The number of likely N-dealkylation sites (tertiary alicyclic amines) is 1. The Morgan fingerprint density at radius 3 is 2.45 bits per heavy atom. The summed E-state index contributed by atoms with van der Waals surface area (Å²) in [7, 11) is 0. The SMILES string of the molecule is O=C(Nc1ccc2c(c1)OCCO2)C1CCN(C(=O)C=Cc2ccccc2)CC1. The van der Waals surface area contributed by atoms with Crippen LogP contribution in [0.5, 0.6) is 11.5 Å². The Labute approximate surface area is 170 Å². The topological polar surface area (TPSA) is 67.9 Å². The van der Waals surface area contributed by atoms with Crippen molar-refractivity contribution >= 4 is 23.6 Å². The molecule has 0 unspecified atom stereocenters. The summed E-state index contributed by atoms with van der Waals surface area (Å²) < 4.78 is 11.1. The van der Waals surface area contributed by atoms with E-state index in [9.17, 15) is 9.59 Å². The van der Waals surface area contributed by atoms with Crippen molar-refractivity contribution in [1.29, 1.82) is 0 Å². The molecule has 2 aliphatic rings. The lowest BCUT2D eigenvalue weighted by atomic mass is 9.95. The van der Waals surface area contributed by atoms with Gasteiger partial charge in [0, 0.05) is 36.8 Å². The van der Waals surface area contributed by atoms with Gasteiger partial charge in [0.1, 0.15) is 13.2 Å². The molecule has 1 fully saturated rings. The highest BCUT2D eigenvalue weighted by molar-refractivity contribution is 5.94. The maximum atomic E-state index is 12.6. The molecule has 2 aromatic rings. The van der Waals surface area contributed by atoms with Crippen LogP contribution in [-0.2, 0) is 9.59 Å². The summed E-state index contributed by atoms with van der Waals surface area (Å²) in [5.74, 6) is 1.21. The average Bonchev–Trinajstić information content (AvgIpc) is 2.78. The van der Waals surface area contributed by atoms with Gasteiger partial charge < -0.3 is 19.7 Å². The van der Waals surface area contributed by atoms with Crippen LogP contribution in [0.4, 0.5) is 5.69 Å². The summed E-state index contributed by atoms with van der Waals surface area (Å²) in [6, 6.07) is 15.2. The second-order valence-corrected chi connectivity index (χ2v) is 7.19. The van der Waals surface area contributed by atoms with Gasteiger partial charge in [-0.25, -0.2) is 0 Å². The predicted octanol–water partition coefficient (Wildman–Crippen LogP) is 3.35. The lowest BCUT2D eigenvalue weighted by Gasteiger charge is -2.30. The van der Waals surface area contributed by atoms with Crippen LogP contribution < -0.4 is 14.8 Å². The number of carbonyl (C=O) groups is 2. The Kier molecular flexibility index (Phi) is 5.79. The number of amides is 2. The maximum Gasteiger partial charge on any atom is 0.246 e. The molecule has 0 bridgehead atoms. The van der Waals surface area contributed by atoms with Crippen molar-refractivity contribution in [1.82, 2.24) is 4.90 Å². The van der Waals surface area contributed by atoms with Crippen LogP contribution in [0, 0.1) is 5.92 Å². The molecule has 1 saturated heterocycles. The second kappa shape index (κ2) is 8.82. The van der Waals surface area contributed by atoms with Gasteiger partial charge in [-0.15, -0.1) is 0 Å². The minimum absolute atomic E-state index is 0.0143. The first kappa shape index (κ1) is 19.1.